The molecule has 0 unspecified atom stereocenters. The third kappa shape index (κ3) is 5.69. The minimum absolute atomic E-state index is 0.0242. The van der Waals surface area contributed by atoms with Gasteiger partial charge < -0.3 is 24.0 Å². The van der Waals surface area contributed by atoms with E-state index in [1.165, 1.54) is 12.1 Å². The zero-order valence-electron chi connectivity index (χ0n) is 13.4. The van der Waals surface area contributed by atoms with E-state index in [4.69, 9.17) is 14.6 Å². The van der Waals surface area contributed by atoms with Crippen LogP contribution in [0.15, 0.2) is 41.7 Å². The molecule has 22 heavy (non-hydrogen) atoms. The molecule has 0 spiro atoms. The van der Waals surface area contributed by atoms with Crippen LogP contribution in [-0.4, -0.2) is 42.6 Å². The van der Waals surface area contributed by atoms with Crippen molar-refractivity contribution in [2.75, 3.05) is 37.8 Å². The average molecular weight is 326 g/mol. The highest BCUT2D eigenvalue weighted by Crippen LogP contribution is 2.27. The Hall–Kier alpha value is -1.53. The molecule has 0 saturated heterocycles. The fourth-order valence-electron chi connectivity index (χ4n) is 2.07. The summed E-state index contributed by atoms with van der Waals surface area (Å²) in [6, 6.07) is 4.23. The summed E-state index contributed by atoms with van der Waals surface area (Å²) in [4.78, 5) is 2.31. The van der Waals surface area contributed by atoms with Crippen LogP contribution in [0.3, 0.4) is 0 Å². The molecular formula is C16H26N2O3S. The lowest BCUT2D eigenvalue weighted by Crippen LogP contribution is -2.25. The Kier molecular flexibility index (Phi) is 9.34. The van der Waals surface area contributed by atoms with Crippen LogP contribution in [-0.2, 0) is 16.0 Å². The van der Waals surface area contributed by atoms with E-state index in [0.29, 0.717) is 13.2 Å². The maximum atomic E-state index is 8.67. The van der Waals surface area contributed by atoms with Gasteiger partial charge in [-0.05, 0) is 26.0 Å². The van der Waals surface area contributed by atoms with Gasteiger partial charge in [-0.1, -0.05) is 18.3 Å². The van der Waals surface area contributed by atoms with E-state index < -0.39 is 0 Å². The van der Waals surface area contributed by atoms with Crippen molar-refractivity contribution in [3.63, 3.8) is 0 Å². The lowest BCUT2D eigenvalue weighted by Gasteiger charge is -2.23. The molecule has 0 atom stereocenters. The normalized spacial score (nSPS) is 10.9. The highest BCUT2D eigenvalue weighted by Gasteiger charge is 2.12. The Morgan fingerprint density at radius 2 is 2.05 bits per heavy atom. The first-order valence-electron chi connectivity index (χ1n) is 7.49. The van der Waals surface area contributed by atoms with Crippen molar-refractivity contribution in [2.24, 2.45) is 0 Å². The Bertz CT molecular complexity index is 456. The molecule has 0 aliphatic heterocycles. The molecule has 0 bridgehead atoms. The summed E-state index contributed by atoms with van der Waals surface area (Å²) in [5, 5.41) is 11.7. The predicted octanol–water partition coefficient (Wildman–Crippen LogP) is 3.07. The van der Waals surface area contributed by atoms with E-state index in [2.05, 4.69) is 42.0 Å². The number of ether oxygens (including phenoxy) is 2. The van der Waals surface area contributed by atoms with Crippen molar-refractivity contribution in [1.82, 2.24) is 4.57 Å². The molecule has 1 heterocycles. The van der Waals surface area contributed by atoms with Crippen molar-refractivity contribution in [1.29, 1.82) is 0 Å². The van der Waals surface area contributed by atoms with Crippen LogP contribution in [0.25, 0.3) is 0 Å². The van der Waals surface area contributed by atoms with Crippen molar-refractivity contribution < 1.29 is 14.6 Å². The number of rotatable bonds is 12. The van der Waals surface area contributed by atoms with Crippen LogP contribution in [0.1, 0.15) is 13.8 Å². The summed E-state index contributed by atoms with van der Waals surface area (Å²) in [5.74, 6) is 1.19. The van der Waals surface area contributed by atoms with Crippen LogP contribution in [0.5, 0.6) is 0 Å². The first-order valence-corrected chi connectivity index (χ1v) is 8.37. The molecule has 0 amide bonds. The van der Waals surface area contributed by atoms with Crippen LogP contribution < -0.4 is 4.90 Å². The monoisotopic (exact) mass is 326 g/mol. The Balaban J connectivity index is 2.80. The van der Waals surface area contributed by atoms with Gasteiger partial charge in [-0.3, -0.25) is 0 Å². The van der Waals surface area contributed by atoms with E-state index >= 15 is 0 Å². The number of hydrogen-bond acceptors (Lipinski definition) is 5. The molecule has 0 aliphatic rings. The molecule has 124 valence electrons. The second-order valence-corrected chi connectivity index (χ2v) is 5.30. The summed E-state index contributed by atoms with van der Waals surface area (Å²) in [5.41, 5.74) is 0. The van der Waals surface area contributed by atoms with Gasteiger partial charge >= 0.3 is 0 Å². The lowest BCUT2D eigenvalue weighted by atomic mass is 10.4. The SMILES string of the molecule is C=COCCn1c(SC=COCCO)ccc1N(CC)CC. The average Bonchev–Trinajstić information content (AvgIpc) is 2.92. The Labute approximate surface area is 137 Å². The maximum Gasteiger partial charge on any atom is 0.110 e. The van der Waals surface area contributed by atoms with Crippen molar-refractivity contribution in [3.8, 4) is 0 Å². The first-order chi connectivity index (χ1) is 10.8. The summed E-state index contributed by atoms with van der Waals surface area (Å²) in [6.45, 7) is 11.5. The smallest absolute Gasteiger partial charge is 0.110 e. The van der Waals surface area contributed by atoms with Gasteiger partial charge in [-0.2, -0.15) is 0 Å². The fourth-order valence-corrected chi connectivity index (χ4v) is 2.81. The summed E-state index contributed by atoms with van der Waals surface area (Å²) in [6.07, 6.45) is 3.07. The van der Waals surface area contributed by atoms with E-state index in [-0.39, 0.29) is 6.61 Å². The van der Waals surface area contributed by atoms with E-state index in [1.807, 2.05) is 5.41 Å². The number of aliphatic hydroxyl groups is 1. The molecular weight excluding hydrogens is 300 g/mol. The number of aromatic nitrogens is 1. The number of nitrogens with zero attached hydrogens (tertiary/aromatic N) is 2. The Morgan fingerprint density at radius 3 is 2.68 bits per heavy atom. The van der Waals surface area contributed by atoms with E-state index in [0.717, 1.165) is 24.7 Å². The van der Waals surface area contributed by atoms with Crippen LogP contribution in [0.2, 0.25) is 0 Å². The van der Waals surface area contributed by atoms with Gasteiger partial charge in [-0.15, -0.1) is 0 Å². The first kappa shape index (κ1) is 18.5. The zero-order chi connectivity index (χ0) is 16.2. The second-order valence-electron chi connectivity index (χ2n) is 4.38. The van der Waals surface area contributed by atoms with E-state index in [1.54, 1.807) is 18.0 Å². The molecule has 0 aromatic carbocycles. The Morgan fingerprint density at radius 1 is 1.27 bits per heavy atom. The van der Waals surface area contributed by atoms with Crippen molar-refractivity contribution in [2.45, 2.75) is 25.4 Å². The summed E-state index contributed by atoms with van der Waals surface area (Å²) in [7, 11) is 0. The van der Waals surface area contributed by atoms with Gasteiger partial charge in [0, 0.05) is 18.5 Å². The van der Waals surface area contributed by atoms with Crippen molar-refractivity contribution >= 4 is 17.6 Å². The molecule has 1 rings (SSSR count). The molecule has 1 aromatic heterocycles. The van der Waals surface area contributed by atoms with Crippen LogP contribution >= 0.6 is 11.8 Å². The fraction of sp³-hybridized carbons (Fsp3) is 0.500. The molecule has 0 radical (unpaired) electrons. The molecule has 1 aromatic rings. The summed E-state index contributed by atoms with van der Waals surface area (Å²) < 4.78 is 12.6. The number of aliphatic hydroxyl groups excluding tert-OH is 1. The van der Waals surface area contributed by atoms with Gasteiger partial charge in [0.15, 0.2) is 0 Å². The second kappa shape index (κ2) is 11.1. The van der Waals surface area contributed by atoms with Gasteiger partial charge in [0.1, 0.15) is 19.0 Å². The van der Waals surface area contributed by atoms with E-state index in [9.17, 15) is 0 Å². The van der Waals surface area contributed by atoms with Gasteiger partial charge in [-0.25, -0.2) is 0 Å². The van der Waals surface area contributed by atoms with Gasteiger partial charge in [0.2, 0.25) is 0 Å². The third-order valence-corrected chi connectivity index (χ3v) is 3.95. The summed E-state index contributed by atoms with van der Waals surface area (Å²) >= 11 is 1.58. The molecule has 6 heteroatoms. The molecule has 0 fully saturated rings. The van der Waals surface area contributed by atoms with Crippen LogP contribution in [0, 0.1) is 0 Å². The minimum atomic E-state index is 0.0242. The number of anilines is 1. The lowest BCUT2D eigenvalue weighted by molar-refractivity contribution is 0.166. The highest BCUT2D eigenvalue weighted by atomic mass is 32.2. The molecule has 1 N–H and O–H groups in total. The zero-order valence-corrected chi connectivity index (χ0v) is 14.2. The van der Waals surface area contributed by atoms with Crippen molar-refractivity contribution in [3.05, 3.63) is 36.6 Å². The van der Waals surface area contributed by atoms with Gasteiger partial charge in [0.05, 0.1) is 30.7 Å². The quantitative estimate of drug-likeness (QED) is 0.363. The third-order valence-electron chi connectivity index (χ3n) is 3.11. The minimum Gasteiger partial charge on any atom is -0.500 e. The largest absolute Gasteiger partial charge is 0.500 e. The molecule has 5 nitrogen and oxygen atoms in total. The molecule has 0 aliphatic carbocycles. The topological polar surface area (TPSA) is 46.9 Å². The molecule has 0 saturated carbocycles. The predicted molar refractivity (Wildman–Crippen MR) is 92.2 cm³/mol. The number of hydrogen-bond donors (Lipinski definition) is 1. The standard InChI is InChI=1S/C16H26N2O3S/c1-4-17(5-2)15-7-8-16(18(15)9-11-20-6-3)22-14-13-21-12-10-19/h6-8,13-14,19H,3-5,9-12H2,1-2H3. The maximum absolute atomic E-state index is 8.67. The number of thioether (sulfide) groups is 1. The van der Waals surface area contributed by atoms with Crippen LogP contribution in [0.4, 0.5) is 5.82 Å². The van der Waals surface area contributed by atoms with Gasteiger partial charge in [0.25, 0.3) is 0 Å². The highest BCUT2D eigenvalue weighted by molar-refractivity contribution is 8.02.